The first kappa shape index (κ1) is 8.72. The van der Waals surface area contributed by atoms with E-state index in [2.05, 4.69) is 16.9 Å². The molecule has 4 nitrogen and oxygen atoms in total. The van der Waals surface area contributed by atoms with Crippen molar-refractivity contribution in [2.75, 3.05) is 13.2 Å². The fourth-order valence-electron chi connectivity index (χ4n) is 1.45. The molecule has 1 fully saturated rings. The fraction of sp³-hybridized carbons (Fsp3) is 0.667. The largest absolute Gasteiger partial charge is 0.346 e. The SMILES string of the molecule is CCc1nc(C2OCCO2)c(C)[nH]1. The Labute approximate surface area is 77.3 Å². The quantitative estimate of drug-likeness (QED) is 0.750. The molecule has 0 amide bonds. The number of hydrogen-bond donors (Lipinski definition) is 1. The Hall–Kier alpha value is -0.870. The molecule has 0 spiro atoms. The minimum Gasteiger partial charge on any atom is -0.346 e. The summed E-state index contributed by atoms with van der Waals surface area (Å²) in [5.74, 6) is 0.992. The molecule has 0 aromatic carbocycles. The number of nitrogens with one attached hydrogen (secondary N) is 1. The standard InChI is InChI=1S/C9H14N2O2/c1-3-7-10-6(2)8(11-7)9-12-4-5-13-9/h9H,3-5H2,1-2H3,(H,10,11). The highest BCUT2D eigenvalue weighted by molar-refractivity contribution is 5.14. The molecule has 0 unspecified atom stereocenters. The highest BCUT2D eigenvalue weighted by atomic mass is 16.7. The van der Waals surface area contributed by atoms with E-state index in [9.17, 15) is 0 Å². The van der Waals surface area contributed by atoms with E-state index >= 15 is 0 Å². The van der Waals surface area contributed by atoms with Crippen LogP contribution in [0.4, 0.5) is 0 Å². The lowest BCUT2D eigenvalue weighted by Gasteiger charge is -2.05. The van der Waals surface area contributed by atoms with Crippen LogP contribution in [0, 0.1) is 6.92 Å². The van der Waals surface area contributed by atoms with Crippen molar-refractivity contribution in [1.29, 1.82) is 0 Å². The molecule has 0 aliphatic carbocycles. The van der Waals surface area contributed by atoms with E-state index in [4.69, 9.17) is 9.47 Å². The molecule has 1 aromatic heterocycles. The lowest BCUT2D eigenvalue weighted by molar-refractivity contribution is -0.0475. The Bertz CT molecular complexity index is 290. The van der Waals surface area contributed by atoms with Gasteiger partial charge in [-0.3, -0.25) is 0 Å². The minimum atomic E-state index is -0.253. The maximum atomic E-state index is 5.37. The van der Waals surface area contributed by atoms with Gasteiger partial charge in [-0.15, -0.1) is 0 Å². The monoisotopic (exact) mass is 182 g/mol. The Morgan fingerprint density at radius 1 is 1.46 bits per heavy atom. The topological polar surface area (TPSA) is 47.1 Å². The average molecular weight is 182 g/mol. The van der Waals surface area contributed by atoms with Crippen molar-refractivity contribution < 1.29 is 9.47 Å². The van der Waals surface area contributed by atoms with Crippen LogP contribution in [0.15, 0.2) is 0 Å². The predicted molar refractivity (Wildman–Crippen MR) is 47.3 cm³/mol. The summed E-state index contributed by atoms with van der Waals surface area (Å²) in [5.41, 5.74) is 1.94. The number of imidazole rings is 1. The van der Waals surface area contributed by atoms with Gasteiger partial charge in [0, 0.05) is 12.1 Å². The Kier molecular flexibility index (Phi) is 2.33. The molecule has 1 aliphatic rings. The third-order valence-electron chi connectivity index (χ3n) is 2.15. The summed E-state index contributed by atoms with van der Waals surface area (Å²) in [7, 11) is 0. The van der Waals surface area contributed by atoms with Crippen LogP contribution in [0.5, 0.6) is 0 Å². The normalized spacial score (nSPS) is 18.3. The van der Waals surface area contributed by atoms with Gasteiger partial charge >= 0.3 is 0 Å². The summed E-state index contributed by atoms with van der Waals surface area (Å²) in [6.07, 6.45) is 0.657. The molecule has 13 heavy (non-hydrogen) atoms. The van der Waals surface area contributed by atoms with Crippen LogP contribution in [-0.4, -0.2) is 23.2 Å². The van der Waals surface area contributed by atoms with Crippen LogP contribution in [0.2, 0.25) is 0 Å². The third kappa shape index (κ3) is 1.59. The first-order valence-electron chi connectivity index (χ1n) is 4.60. The Balaban J connectivity index is 2.22. The van der Waals surface area contributed by atoms with Crippen molar-refractivity contribution in [1.82, 2.24) is 9.97 Å². The molecule has 1 N–H and O–H groups in total. The molecule has 4 heteroatoms. The van der Waals surface area contributed by atoms with E-state index < -0.39 is 0 Å². The molecule has 2 heterocycles. The van der Waals surface area contributed by atoms with Gasteiger partial charge in [-0.05, 0) is 6.92 Å². The van der Waals surface area contributed by atoms with Crippen molar-refractivity contribution in [3.63, 3.8) is 0 Å². The van der Waals surface area contributed by atoms with E-state index in [-0.39, 0.29) is 6.29 Å². The molecule has 72 valence electrons. The summed E-state index contributed by atoms with van der Waals surface area (Å²) in [5, 5.41) is 0. The highest BCUT2D eigenvalue weighted by Crippen LogP contribution is 2.24. The van der Waals surface area contributed by atoms with Gasteiger partial charge in [0.1, 0.15) is 11.5 Å². The highest BCUT2D eigenvalue weighted by Gasteiger charge is 2.23. The smallest absolute Gasteiger partial charge is 0.203 e. The molecule has 1 saturated heterocycles. The van der Waals surface area contributed by atoms with Gasteiger partial charge in [0.05, 0.1) is 13.2 Å². The van der Waals surface area contributed by atoms with Crippen molar-refractivity contribution in [3.05, 3.63) is 17.2 Å². The molecular formula is C9H14N2O2. The van der Waals surface area contributed by atoms with Crippen LogP contribution >= 0.6 is 0 Å². The van der Waals surface area contributed by atoms with Crippen LogP contribution in [0.25, 0.3) is 0 Å². The van der Waals surface area contributed by atoms with Crippen LogP contribution in [-0.2, 0) is 15.9 Å². The lowest BCUT2D eigenvalue weighted by Crippen LogP contribution is -2.00. The molecule has 1 aliphatic heterocycles. The van der Waals surface area contributed by atoms with E-state index in [0.717, 1.165) is 23.6 Å². The number of rotatable bonds is 2. The first-order chi connectivity index (χ1) is 6.31. The third-order valence-corrected chi connectivity index (χ3v) is 2.15. The van der Waals surface area contributed by atoms with Gasteiger partial charge in [0.2, 0.25) is 6.29 Å². The number of ether oxygens (including phenoxy) is 2. The van der Waals surface area contributed by atoms with Gasteiger partial charge in [0.15, 0.2) is 0 Å². The maximum Gasteiger partial charge on any atom is 0.203 e. The zero-order valence-corrected chi connectivity index (χ0v) is 7.96. The number of aryl methyl sites for hydroxylation is 2. The van der Waals surface area contributed by atoms with Crippen LogP contribution < -0.4 is 0 Å². The Morgan fingerprint density at radius 2 is 2.15 bits per heavy atom. The molecular weight excluding hydrogens is 168 g/mol. The Morgan fingerprint density at radius 3 is 2.69 bits per heavy atom. The summed E-state index contributed by atoms with van der Waals surface area (Å²) in [4.78, 5) is 7.60. The summed E-state index contributed by atoms with van der Waals surface area (Å²) in [6.45, 7) is 5.39. The molecule has 0 atom stereocenters. The van der Waals surface area contributed by atoms with Gasteiger partial charge in [-0.25, -0.2) is 4.98 Å². The first-order valence-corrected chi connectivity index (χ1v) is 4.60. The van der Waals surface area contributed by atoms with Crippen LogP contribution in [0.3, 0.4) is 0 Å². The van der Waals surface area contributed by atoms with E-state index in [1.54, 1.807) is 0 Å². The lowest BCUT2D eigenvalue weighted by atomic mass is 10.3. The molecule has 0 radical (unpaired) electrons. The predicted octanol–water partition coefficient (Wildman–Crippen LogP) is 1.33. The number of aromatic nitrogens is 2. The van der Waals surface area contributed by atoms with Gasteiger partial charge in [-0.2, -0.15) is 0 Å². The van der Waals surface area contributed by atoms with Crippen molar-refractivity contribution >= 4 is 0 Å². The second-order valence-electron chi connectivity index (χ2n) is 3.12. The maximum absolute atomic E-state index is 5.37. The van der Waals surface area contributed by atoms with Gasteiger partial charge < -0.3 is 14.5 Å². The summed E-state index contributed by atoms with van der Waals surface area (Å²) < 4.78 is 10.7. The number of H-pyrrole nitrogens is 1. The fourth-order valence-corrected chi connectivity index (χ4v) is 1.45. The zero-order chi connectivity index (χ0) is 9.26. The molecule has 0 saturated carbocycles. The van der Waals surface area contributed by atoms with Gasteiger partial charge in [-0.1, -0.05) is 6.92 Å². The molecule has 0 bridgehead atoms. The van der Waals surface area contributed by atoms with E-state index in [1.165, 1.54) is 0 Å². The number of aromatic amines is 1. The van der Waals surface area contributed by atoms with E-state index in [0.29, 0.717) is 13.2 Å². The number of hydrogen-bond acceptors (Lipinski definition) is 3. The second-order valence-corrected chi connectivity index (χ2v) is 3.12. The summed E-state index contributed by atoms with van der Waals surface area (Å²) in [6, 6.07) is 0. The van der Waals surface area contributed by atoms with Crippen molar-refractivity contribution in [2.45, 2.75) is 26.6 Å². The average Bonchev–Trinajstić information content (AvgIpc) is 2.72. The summed E-state index contributed by atoms with van der Waals surface area (Å²) >= 11 is 0. The molecule has 1 aromatic rings. The minimum absolute atomic E-state index is 0.253. The van der Waals surface area contributed by atoms with E-state index in [1.807, 2.05) is 6.92 Å². The van der Waals surface area contributed by atoms with Crippen molar-refractivity contribution in [3.8, 4) is 0 Å². The van der Waals surface area contributed by atoms with Crippen LogP contribution in [0.1, 0.15) is 30.4 Å². The van der Waals surface area contributed by atoms with Crippen molar-refractivity contribution in [2.24, 2.45) is 0 Å². The number of nitrogens with zero attached hydrogens (tertiary/aromatic N) is 1. The second kappa shape index (κ2) is 3.47. The zero-order valence-electron chi connectivity index (χ0n) is 7.96. The molecule has 2 rings (SSSR count). The van der Waals surface area contributed by atoms with Gasteiger partial charge in [0.25, 0.3) is 0 Å².